The third kappa shape index (κ3) is 5.48. The fourth-order valence-electron chi connectivity index (χ4n) is 2.86. The van der Waals surface area contributed by atoms with Gasteiger partial charge >= 0.3 is 0 Å². The summed E-state index contributed by atoms with van der Waals surface area (Å²) in [6, 6.07) is 16.4. The first kappa shape index (κ1) is 20.7. The van der Waals surface area contributed by atoms with Gasteiger partial charge in [-0.2, -0.15) is 5.10 Å². The Labute approximate surface area is 177 Å². The lowest BCUT2D eigenvalue weighted by molar-refractivity contribution is -0.121. The molecule has 7 heteroatoms. The fraction of sp³-hybridized carbons (Fsp3) is 0.182. The Morgan fingerprint density at radius 2 is 2.00 bits per heavy atom. The molecule has 0 radical (unpaired) electrons. The van der Waals surface area contributed by atoms with Crippen LogP contribution in [0.25, 0.3) is 11.3 Å². The number of aromatic hydroxyl groups is 1. The number of methoxy groups -OCH3 is 1. The maximum atomic E-state index is 12.1. The maximum Gasteiger partial charge on any atom is 0.240 e. The average Bonchev–Trinajstić information content (AvgIpc) is 3.17. The molecule has 6 nitrogen and oxygen atoms in total. The van der Waals surface area contributed by atoms with Crippen molar-refractivity contribution in [2.24, 2.45) is 5.10 Å². The predicted octanol–water partition coefficient (Wildman–Crippen LogP) is 5.07. The van der Waals surface area contributed by atoms with Crippen LogP contribution in [-0.4, -0.2) is 24.3 Å². The van der Waals surface area contributed by atoms with E-state index in [-0.39, 0.29) is 24.0 Å². The summed E-state index contributed by atoms with van der Waals surface area (Å²) in [6.07, 6.45) is 1.63. The van der Waals surface area contributed by atoms with Gasteiger partial charge in [0.15, 0.2) is 0 Å². The van der Waals surface area contributed by atoms with Crippen LogP contribution in [0.15, 0.2) is 68.6 Å². The van der Waals surface area contributed by atoms with E-state index in [9.17, 15) is 9.90 Å². The zero-order valence-corrected chi connectivity index (χ0v) is 17.6. The second-order valence-electron chi connectivity index (χ2n) is 6.53. The molecule has 1 aromatic heterocycles. The van der Waals surface area contributed by atoms with Gasteiger partial charge in [-0.3, -0.25) is 4.79 Å². The largest absolute Gasteiger partial charge is 0.508 e. The summed E-state index contributed by atoms with van der Waals surface area (Å²) in [5.74, 6) is 1.47. The molecule has 1 heterocycles. The highest BCUT2D eigenvalue weighted by molar-refractivity contribution is 9.10. The molecule has 2 N–H and O–H groups in total. The molecular weight excluding hydrogens is 436 g/mol. The Kier molecular flexibility index (Phi) is 6.72. The van der Waals surface area contributed by atoms with Crippen molar-refractivity contribution in [3.05, 3.63) is 70.4 Å². The highest BCUT2D eigenvalue weighted by Gasteiger charge is 2.15. The van der Waals surface area contributed by atoms with Gasteiger partial charge in [-0.15, -0.1) is 0 Å². The van der Waals surface area contributed by atoms with Gasteiger partial charge in [-0.05, 0) is 41.8 Å². The minimum Gasteiger partial charge on any atom is -0.508 e. The van der Waals surface area contributed by atoms with E-state index in [1.807, 2.05) is 37.3 Å². The molecule has 3 aromatic rings. The molecular formula is C22H21BrN2O4. The number of amides is 1. The molecule has 0 aliphatic rings. The number of ether oxygens (including phenoxy) is 1. The Morgan fingerprint density at radius 1 is 1.24 bits per heavy atom. The van der Waals surface area contributed by atoms with Crippen molar-refractivity contribution in [2.45, 2.75) is 19.3 Å². The van der Waals surface area contributed by atoms with Crippen molar-refractivity contribution in [3.63, 3.8) is 0 Å². The number of carbonyl (C=O) groups excluding carboxylic acids is 1. The molecule has 0 aliphatic heterocycles. The minimum atomic E-state index is -0.261. The molecule has 3 rings (SSSR count). The van der Waals surface area contributed by atoms with Gasteiger partial charge in [0, 0.05) is 22.5 Å². The Balaban J connectivity index is 1.55. The number of benzene rings is 2. The van der Waals surface area contributed by atoms with Gasteiger partial charge in [0.05, 0.1) is 13.3 Å². The van der Waals surface area contributed by atoms with E-state index in [4.69, 9.17) is 9.15 Å². The predicted molar refractivity (Wildman–Crippen MR) is 115 cm³/mol. The topological polar surface area (TPSA) is 84.1 Å². The SMILES string of the molecule is COc1ccc([C@@H](C)CC(=O)N/N=C\c2ccc(-c3ccc(Br)cc3)o2)c(O)c1. The van der Waals surface area contributed by atoms with Crippen LogP contribution in [0.4, 0.5) is 0 Å². The molecule has 0 saturated heterocycles. The van der Waals surface area contributed by atoms with Gasteiger partial charge < -0.3 is 14.3 Å². The van der Waals surface area contributed by atoms with E-state index >= 15 is 0 Å². The number of rotatable bonds is 7. The van der Waals surface area contributed by atoms with E-state index in [1.54, 1.807) is 18.2 Å². The molecule has 0 spiro atoms. The number of hydrazone groups is 1. The summed E-state index contributed by atoms with van der Waals surface area (Å²) in [7, 11) is 1.53. The van der Waals surface area contributed by atoms with Crippen LogP contribution < -0.4 is 10.2 Å². The maximum absolute atomic E-state index is 12.1. The molecule has 150 valence electrons. The zero-order chi connectivity index (χ0) is 20.8. The molecule has 0 bridgehead atoms. The summed E-state index contributed by atoms with van der Waals surface area (Å²) < 4.78 is 11.8. The van der Waals surface area contributed by atoms with Crippen molar-refractivity contribution in [3.8, 4) is 22.8 Å². The van der Waals surface area contributed by atoms with Gasteiger partial charge in [0.1, 0.15) is 23.0 Å². The lowest BCUT2D eigenvalue weighted by Crippen LogP contribution is -2.19. The second kappa shape index (κ2) is 9.43. The van der Waals surface area contributed by atoms with Crippen LogP contribution in [0, 0.1) is 0 Å². The van der Waals surface area contributed by atoms with E-state index in [0.717, 1.165) is 10.0 Å². The summed E-state index contributed by atoms with van der Waals surface area (Å²) in [5, 5.41) is 14.0. The van der Waals surface area contributed by atoms with E-state index in [2.05, 4.69) is 26.5 Å². The second-order valence-corrected chi connectivity index (χ2v) is 7.45. The molecule has 2 aromatic carbocycles. The monoisotopic (exact) mass is 456 g/mol. The molecule has 1 atom stereocenters. The number of nitrogens with zero attached hydrogens (tertiary/aromatic N) is 1. The quantitative estimate of drug-likeness (QED) is 0.384. The number of furan rings is 1. The number of carbonyl (C=O) groups is 1. The Bertz CT molecular complexity index is 1010. The van der Waals surface area contributed by atoms with E-state index < -0.39 is 0 Å². The standard InChI is InChI=1S/C22H21BrN2O4/c1-14(19-9-7-17(28-2)12-20(19)26)11-22(27)25-24-13-18-8-10-21(29-18)15-3-5-16(23)6-4-15/h3-10,12-14,26H,11H2,1-2H3,(H,25,27)/b24-13-/t14-/m0/s1. The summed E-state index contributed by atoms with van der Waals surface area (Å²) in [6.45, 7) is 1.86. The van der Waals surface area contributed by atoms with Crippen LogP contribution in [-0.2, 0) is 4.79 Å². The molecule has 0 fully saturated rings. The van der Waals surface area contributed by atoms with E-state index in [0.29, 0.717) is 22.8 Å². The summed E-state index contributed by atoms with van der Waals surface area (Å²) >= 11 is 3.40. The Morgan fingerprint density at radius 3 is 2.69 bits per heavy atom. The van der Waals surface area contributed by atoms with E-state index in [1.165, 1.54) is 19.4 Å². The number of phenols is 1. The zero-order valence-electron chi connectivity index (χ0n) is 16.1. The van der Waals surface area contributed by atoms with Crippen LogP contribution in [0.2, 0.25) is 0 Å². The Hall–Kier alpha value is -3.06. The molecule has 29 heavy (non-hydrogen) atoms. The molecule has 0 aliphatic carbocycles. The fourth-order valence-corrected chi connectivity index (χ4v) is 3.12. The van der Waals surface area contributed by atoms with Crippen molar-refractivity contribution >= 4 is 28.1 Å². The number of hydrogen-bond acceptors (Lipinski definition) is 5. The van der Waals surface area contributed by atoms with Crippen LogP contribution in [0.5, 0.6) is 11.5 Å². The highest BCUT2D eigenvalue weighted by Crippen LogP contribution is 2.31. The van der Waals surface area contributed by atoms with Gasteiger partial charge in [-0.25, -0.2) is 5.43 Å². The number of nitrogens with one attached hydrogen (secondary N) is 1. The van der Waals surface area contributed by atoms with Crippen molar-refractivity contribution < 1.29 is 19.1 Å². The number of hydrogen-bond donors (Lipinski definition) is 2. The molecule has 0 saturated carbocycles. The van der Waals surface area contributed by atoms with Gasteiger partial charge in [0.25, 0.3) is 0 Å². The first-order chi connectivity index (χ1) is 14.0. The molecule has 1 amide bonds. The third-order valence-electron chi connectivity index (χ3n) is 4.40. The summed E-state index contributed by atoms with van der Waals surface area (Å²) in [5.41, 5.74) is 4.11. The smallest absolute Gasteiger partial charge is 0.240 e. The normalized spacial score (nSPS) is 12.1. The highest BCUT2D eigenvalue weighted by atomic mass is 79.9. The first-order valence-corrected chi connectivity index (χ1v) is 9.80. The van der Waals surface area contributed by atoms with Crippen LogP contribution >= 0.6 is 15.9 Å². The number of halogens is 1. The average molecular weight is 457 g/mol. The summed E-state index contributed by atoms with van der Waals surface area (Å²) in [4.78, 5) is 12.1. The third-order valence-corrected chi connectivity index (χ3v) is 4.93. The lowest BCUT2D eigenvalue weighted by Gasteiger charge is -2.13. The lowest BCUT2D eigenvalue weighted by atomic mass is 9.96. The first-order valence-electron chi connectivity index (χ1n) is 9.01. The van der Waals surface area contributed by atoms with Crippen LogP contribution in [0.3, 0.4) is 0 Å². The van der Waals surface area contributed by atoms with Crippen molar-refractivity contribution in [1.29, 1.82) is 0 Å². The van der Waals surface area contributed by atoms with Crippen LogP contribution in [0.1, 0.15) is 30.6 Å². The molecule has 0 unspecified atom stereocenters. The van der Waals surface area contributed by atoms with Crippen molar-refractivity contribution in [1.82, 2.24) is 5.43 Å². The van der Waals surface area contributed by atoms with Crippen molar-refractivity contribution in [2.75, 3.05) is 7.11 Å². The van der Waals surface area contributed by atoms with Gasteiger partial charge in [0.2, 0.25) is 5.91 Å². The van der Waals surface area contributed by atoms with Gasteiger partial charge in [-0.1, -0.05) is 41.1 Å². The minimum absolute atomic E-state index is 0.101. The number of phenolic OH excluding ortho intramolecular Hbond substituents is 1.